The second-order valence-electron chi connectivity index (χ2n) is 7.38. The quantitative estimate of drug-likeness (QED) is 0.541. The lowest BCUT2D eigenvalue weighted by atomic mass is 9.73. The summed E-state index contributed by atoms with van der Waals surface area (Å²) in [5.41, 5.74) is 1.30. The van der Waals surface area contributed by atoms with Gasteiger partial charge in [-0.25, -0.2) is 0 Å². The van der Waals surface area contributed by atoms with Crippen molar-refractivity contribution in [3.05, 3.63) is 69.3 Å². The summed E-state index contributed by atoms with van der Waals surface area (Å²) in [6, 6.07) is 11.4. The van der Waals surface area contributed by atoms with E-state index in [4.69, 9.17) is 0 Å². The fourth-order valence-corrected chi connectivity index (χ4v) is 4.60. The molecule has 1 heterocycles. The lowest BCUT2D eigenvalue weighted by molar-refractivity contribution is -0.385. The number of rotatable bonds is 2. The van der Waals surface area contributed by atoms with Crippen LogP contribution in [-0.4, -0.2) is 18.0 Å². The van der Waals surface area contributed by atoms with Crippen LogP contribution in [0, 0.1) is 10.1 Å². The van der Waals surface area contributed by atoms with Gasteiger partial charge in [-0.1, -0.05) is 24.3 Å². The number of halogens is 3. The molecule has 0 N–H and O–H groups in total. The first-order valence-electron chi connectivity index (χ1n) is 8.99. The fraction of sp³-hybridized carbons (Fsp3) is 0.400. The van der Waals surface area contributed by atoms with E-state index in [0.717, 1.165) is 31.7 Å². The van der Waals surface area contributed by atoms with Gasteiger partial charge >= 0.3 is 6.18 Å². The maximum Gasteiger partial charge on any atom is 0.418 e. The van der Waals surface area contributed by atoms with Crippen LogP contribution in [0.3, 0.4) is 0 Å². The average molecular weight is 376 g/mol. The van der Waals surface area contributed by atoms with Crippen LogP contribution in [0.2, 0.25) is 0 Å². The third-order valence-corrected chi connectivity index (χ3v) is 6.02. The first-order valence-corrected chi connectivity index (χ1v) is 8.99. The number of nitro groups is 1. The van der Waals surface area contributed by atoms with Crippen LogP contribution in [-0.2, 0) is 18.0 Å². The Morgan fingerprint density at radius 3 is 2.41 bits per heavy atom. The molecule has 0 bridgehead atoms. The number of hydrogen-bond donors (Lipinski definition) is 0. The first-order chi connectivity index (χ1) is 12.8. The van der Waals surface area contributed by atoms with Crippen LogP contribution in [0.1, 0.15) is 36.0 Å². The minimum atomic E-state index is -4.63. The Hall–Kier alpha value is -2.57. The number of nitrogens with zero attached hydrogens (tertiary/aromatic N) is 2. The van der Waals surface area contributed by atoms with Gasteiger partial charge in [-0.15, -0.1) is 0 Å². The third kappa shape index (κ3) is 3.05. The molecule has 142 valence electrons. The van der Waals surface area contributed by atoms with E-state index < -0.39 is 22.4 Å². The highest BCUT2D eigenvalue weighted by atomic mass is 19.4. The Balaban J connectivity index is 1.61. The molecule has 0 aromatic heterocycles. The van der Waals surface area contributed by atoms with Gasteiger partial charge in [-0.05, 0) is 48.3 Å². The summed E-state index contributed by atoms with van der Waals surface area (Å²) in [7, 11) is 0. The smallest absolute Gasteiger partial charge is 0.371 e. The van der Waals surface area contributed by atoms with Crippen LogP contribution in [0.15, 0.2) is 42.5 Å². The predicted octanol–water partition coefficient (Wildman–Crippen LogP) is 5.10. The molecule has 1 saturated heterocycles. The van der Waals surface area contributed by atoms with E-state index in [1.165, 1.54) is 17.2 Å². The summed E-state index contributed by atoms with van der Waals surface area (Å²) < 4.78 is 40.5. The van der Waals surface area contributed by atoms with Gasteiger partial charge in [-0.3, -0.25) is 10.1 Å². The first kappa shape index (κ1) is 17.8. The molecule has 0 unspecified atom stereocenters. The molecule has 1 aliphatic carbocycles. The number of non-ortho nitro benzene ring substituents is 1. The molecule has 2 aromatic rings. The van der Waals surface area contributed by atoms with Crippen LogP contribution in [0.4, 0.5) is 24.5 Å². The highest BCUT2D eigenvalue weighted by Crippen LogP contribution is 2.48. The molecule has 0 atom stereocenters. The Bertz CT molecular complexity index is 887. The molecule has 4 rings (SSSR count). The van der Waals surface area contributed by atoms with Crippen molar-refractivity contribution in [2.75, 3.05) is 18.0 Å². The van der Waals surface area contributed by atoms with Gasteiger partial charge in [0.1, 0.15) is 0 Å². The minimum Gasteiger partial charge on any atom is -0.371 e. The monoisotopic (exact) mass is 376 g/mol. The van der Waals surface area contributed by atoms with Crippen LogP contribution in [0.5, 0.6) is 0 Å². The topological polar surface area (TPSA) is 46.4 Å². The lowest BCUT2D eigenvalue weighted by Crippen LogP contribution is -2.42. The zero-order chi connectivity index (χ0) is 19.2. The van der Waals surface area contributed by atoms with Gasteiger partial charge in [-0.2, -0.15) is 13.2 Å². The zero-order valence-electron chi connectivity index (χ0n) is 14.6. The fourth-order valence-electron chi connectivity index (χ4n) is 4.60. The molecule has 0 amide bonds. The van der Waals surface area contributed by atoms with Gasteiger partial charge in [0.2, 0.25) is 0 Å². The Morgan fingerprint density at radius 1 is 1.04 bits per heavy atom. The third-order valence-electron chi connectivity index (χ3n) is 6.02. The number of piperidine rings is 1. The molecule has 4 nitrogen and oxygen atoms in total. The summed E-state index contributed by atoms with van der Waals surface area (Å²) in [6.45, 7) is 1.02. The van der Waals surface area contributed by atoms with E-state index in [1.54, 1.807) is 4.90 Å². The maximum atomic E-state index is 13.5. The molecule has 2 aromatic carbocycles. The molecule has 0 radical (unpaired) electrons. The van der Waals surface area contributed by atoms with Crippen molar-refractivity contribution in [1.82, 2.24) is 0 Å². The zero-order valence-corrected chi connectivity index (χ0v) is 14.6. The standard InChI is InChI=1S/C20H19F3N2O2/c21-20(22,23)17-13-15(25(26)27)5-6-18(17)24-11-9-19(10-12-24)8-7-14-3-1-2-4-16(14)19/h1-6,13H,7-12H2. The minimum absolute atomic E-state index is 0.0363. The Morgan fingerprint density at radius 2 is 1.74 bits per heavy atom. The Kier molecular flexibility index (Phi) is 4.13. The van der Waals surface area contributed by atoms with Crippen molar-refractivity contribution < 1.29 is 18.1 Å². The van der Waals surface area contributed by atoms with Gasteiger partial charge in [0.05, 0.1) is 10.5 Å². The van der Waals surface area contributed by atoms with Crippen LogP contribution < -0.4 is 4.90 Å². The van der Waals surface area contributed by atoms with E-state index in [-0.39, 0.29) is 11.1 Å². The molecular formula is C20H19F3N2O2. The van der Waals surface area contributed by atoms with Crippen molar-refractivity contribution in [3.8, 4) is 0 Å². The lowest BCUT2D eigenvalue weighted by Gasteiger charge is -2.41. The molecule has 7 heteroatoms. The van der Waals surface area contributed by atoms with Crippen molar-refractivity contribution in [1.29, 1.82) is 0 Å². The number of anilines is 1. The summed E-state index contributed by atoms with van der Waals surface area (Å²) in [5.74, 6) is 0. The number of fused-ring (bicyclic) bond motifs is 2. The highest BCUT2D eigenvalue weighted by molar-refractivity contribution is 5.60. The highest BCUT2D eigenvalue weighted by Gasteiger charge is 2.43. The number of alkyl halides is 3. The van der Waals surface area contributed by atoms with Gasteiger partial charge in [0, 0.05) is 30.9 Å². The van der Waals surface area contributed by atoms with E-state index in [9.17, 15) is 23.3 Å². The molecule has 1 aliphatic heterocycles. The largest absolute Gasteiger partial charge is 0.418 e. The molecule has 1 spiro atoms. The van der Waals surface area contributed by atoms with Crippen molar-refractivity contribution in [3.63, 3.8) is 0 Å². The average Bonchev–Trinajstić information content (AvgIpc) is 3.00. The van der Waals surface area contributed by atoms with Gasteiger partial charge in [0.15, 0.2) is 0 Å². The normalized spacial score (nSPS) is 18.6. The Labute approximate surface area is 154 Å². The molecule has 0 saturated carbocycles. The van der Waals surface area contributed by atoms with Gasteiger partial charge < -0.3 is 4.90 Å². The SMILES string of the molecule is O=[N+]([O-])c1ccc(N2CCC3(CCc4ccccc43)CC2)c(C(F)(F)F)c1. The maximum absolute atomic E-state index is 13.5. The number of aryl methyl sites for hydroxylation is 1. The summed E-state index contributed by atoms with van der Waals surface area (Å²) in [6.07, 6.45) is -0.999. The van der Waals surface area contributed by atoms with E-state index >= 15 is 0 Å². The van der Waals surface area contributed by atoms with E-state index in [2.05, 4.69) is 12.1 Å². The molecule has 1 fully saturated rings. The molecule has 2 aliphatic rings. The predicted molar refractivity (Wildman–Crippen MR) is 96.0 cm³/mol. The molecule has 27 heavy (non-hydrogen) atoms. The number of benzene rings is 2. The van der Waals surface area contributed by atoms with Crippen LogP contribution in [0.25, 0.3) is 0 Å². The summed E-state index contributed by atoms with van der Waals surface area (Å²) in [5, 5.41) is 10.9. The van der Waals surface area contributed by atoms with Gasteiger partial charge in [0.25, 0.3) is 5.69 Å². The van der Waals surface area contributed by atoms with Crippen LogP contribution >= 0.6 is 0 Å². The second-order valence-corrected chi connectivity index (χ2v) is 7.38. The molecular weight excluding hydrogens is 357 g/mol. The van der Waals surface area contributed by atoms with Crippen molar-refractivity contribution >= 4 is 11.4 Å². The van der Waals surface area contributed by atoms with Crippen molar-refractivity contribution in [2.24, 2.45) is 0 Å². The summed E-state index contributed by atoms with van der Waals surface area (Å²) >= 11 is 0. The summed E-state index contributed by atoms with van der Waals surface area (Å²) in [4.78, 5) is 11.8. The van der Waals surface area contributed by atoms with E-state index in [0.29, 0.717) is 19.2 Å². The number of nitro benzene ring substituents is 1. The number of hydrogen-bond acceptors (Lipinski definition) is 3. The van der Waals surface area contributed by atoms with E-state index in [1.807, 2.05) is 12.1 Å². The second kappa shape index (κ2) is 6.25. The van der Waals surface area contributed by atoms with Crippen molar-refractivity contribution in [2.45, 2.75) is 37.3 Å².